The summed E-state index contributed by atoms with van der Waals surface area (Å²) < 4.78 is 0. The standard InChI is InChI=1S/C16H17N3/c1-11-8-15(19-18-11)14-9-12(5-7-17-14)13-4-6-16(2,3)10-13/h4-10H,1-3H3,(H,18,19). The average Bonchev–Trinajstić information content (AvgIpc) is 2.96. The molecule has 1 N–H and O–H groups in total. The molecular formula is C16H17N3. The number of rotatable bonds is 2. The van der Waals surface area contributed by atoms with E-state index >= 15 is 0 Å². The van der Waals surface area contributed by atoms with Gasteiger partial charge in [0.05, 0.1) is 17.1 Å². The number of aromatic amines is 1. The molecule has 0 amide bonds. The van der Waals surface area contributed by atoms with Gasteiger partial charge in [0.1, 0.15) is 0 Å². The van der Waals surface area contributed by atoms with Crippen molar-refractivity contribution in [1.29, 1.82) is 0 Å². The van der Waals surface area contributed by atoms with Gasteiger partial charge < -0.3 is 0 Å². The highest BCUT2D eigenvalue weighted by Gasteiger charge is 2.17. The summed E-state index contributed by atoms with van der Waals surface area (Å²) in [4.78, 5) is 4.41. The normalized spacial score (nSPS) is 16.7. The van der Waals surface area contributed by atoms with Crippen molar-refractivity contribution in [3.8, 4) is 11.4 Å². The van der Waals surface area contributed by atoms with E-state index in [4.69, 9.17) is 0 Å². The Hall–Kier alpha value is -2.16. The maximum atomic E-state index is 4.41. The number of aromatic nitrogens is 3. The lowest BCUT2D eigenvalue weighted by atomic mass is 9.95. The van der Waals surface area contributed by atoms with Gasteiger partial charge in [0.15, 0.2) is 0 Å². The predicted molar refractivity (Wildman–Crippen MR) is 77.5 cm³/mol. The largest absolute Gasteiger partial charge is 0.276 e. The average molecular weight is 251 g/mol. The molecule has 96 valence electrons. The molecule has 0 unspecified atom stereocenters. The van der Waals surface area contributed by atoms with Gasteiger partial charge in [-0.1, -0.05) is 32.1 Å². The van der Waals surface area contributed by atoms with Crippen LogP contribution in [-0.4, -0.2) is 15.2 Å². The molecule has 2 heterocycles. The van der Waals surface area contributed by atoms with Gasteiger partial charge in [-0.05, 0) is 36.3 Å². The van der Waals surface area contributed by atoms with Crippen LogP contribution in [0.5, 0.6) is 0 Å². The smallest absolute Gasteiger partial charge is 0.0886 e. The molecule has 0 saturated heterocycles. The minimum atomic E-state index is 0.142. The molecule has 0 bridgehead atoms. The van der Waals surface area contributed by atoms with Gasteiger partial charge >= 0.3 is 0 Å². The van der Waals surface area contributed by atoms with Crippen molar-refractivity contribution in [2.24, 2.45) is 5.41 Å². The van der Waals surface area contributed by atoms with E-state index in [1.807, 2.05) is 25.3 Å². The Morgan fingerprint density at radius 1 is 1.21 bits per heavy atom. The number of allylic oxidation sites excluding steroid dienone is 4. The molecule has 3 rings (SSSR count). The summed E-state index contributed by atoms with van der Waals surface area (Å²) in [6, 6.07) is 6.16. The molecule has 0 saturated carbocycles. The first kappa shape index (κ1) is 11.9. The maximum Gasteiger partial charge on any atom is 0.0886 e. The highest BCUT2D eigenvalue weighted by Crippen LogP contribution is 2.33. The zero-order valence-corrected chi connectivity index (χ0v) is 11.4. The monoisotopic (exact) mass is 251 g/mol. The second-order valence-electron chi connectivity index (χ2n) is 5.61. The van der Waals surface area contributed by atoms with Crippen molar-refractivity contribution in [2.45, 2.75) is 20.8 Å². The van der Waals surface area contributed by atoms with Crippen molar-refractivity contribution in [3.63, 3.8) is 0 Å². The van der Waals surface area contributed by atoms with Crippen LogP contribution in [0.4, 0.5) is 0 Å². The fourth-order valence-corrected chi connectivity index (χ4v) is 2.29. The van der Waals surface area contributed by atoms with E-state index < -0.39 is 0 Å². The second kappa shape index (κ2) is 4.19. The Balaban J connectivity index is 2.00. The molecule has 0 spiro atoms. The number of nitrogens with one attached hydrogen (secondary N) is 1. The van der Waals surface area contributed by atoms with Gasteiger partial charge in [-0.2, -0.15) is 5.10 Å². The van der Waals surface area contributed by atoms with E-state index in [2.05, 4.69) is 53.3 Å². The van der Waals surface area contributed by atoms with E-state index in [0.717, 1.165) is 17.1 Å². The summed E-state index contributed by atoms with van der Waals surface area (Å²) in [6.45, 7) is 6.38. The number of hydrogen-bond donors (Lipinski definition) is 1. The third kappa shape index (κ3) is 2.36. The van der Waals surface area contributed by atoms with Crippen molar-refractivity contribution in [2.75, 3.05) is 0 Å². The molecule has 19 heavy (non-hydrogen) atoms. The second-order valence-corrected chi connectivity index (χ2v) is 5.61. The molecule has 3 heteroatoms. The highest BCUT2D eigenvalue weighted by molar-refractivity contribution is 5.79. The van der Waals surface area contributed by atoms with Crippen LogP contribution in [0.3, 0.4) is 0 Å². The minimum absolute atomic E-state index is 0.142. The van der Waals surface area contributed by atoms with Crippen molar-refractivity contribution in [3.05, 3.63) is 53.9 Å². The Kier molecular flexibility index (Phi) is 2.63. The van der Waals surface area contributed by atoms with Crippen molar-refractivity contribution >= 4 is 5.57 Å². The van der Waals surface area contributed by atoms with Crippen LogP contribution in [0, 0.1) is 12.3 Å². The van der Waals surface area contributed by atoms with Crippen LogP contribution >= 0.6 is 0 Å². The van der Waals surface area contributed by atoms with Crippen LogP contribution in [-0.2, 0) is 0 Å². The van der Waals surface area contributed by atoms with Crippen LogP contribution in [0.15, 0.2) is 42.6 Å². The zero-order chi connectivity index (χ0) is 13.5. The Labute approximate surface area is 113 Å². The predicted octanol–water partition coefficient (Wildman–Crippen LogP) is 3.76. The maximum absolute atomic E-state index is 4.41. The topological polar surface area (TPSA) is 41.6 Å². The first-order valence-electron chi connectivity index (χ1n) is 6.44. The number of pyridine rings is 1. The summed E-state index contributed by atoms with van der Waals surface area (Å²) in [6.07, 6.45) is 8.53. The van der Waals surface area contributed by atoms with Crippen molar-refractivity contribution < 1.29 is 0 Å². The minimum Gasteiger partial charge on any atom is -0.276 e. The first-order valence-corrected chi connectivity index (χ1v) is 6.44. The third-order valence-corrected chi connectivity index (χ3v) is 3.30. The Bertz CT molecular complexity index is 675. The van der Waals surface area contributed by atoms with Gasteiger partial charge in [0, 0.05) is 11.6 Å². The molecule has 0 atom stereocenters. The van der Waals surface area contributed by atoms with Crippen LogP contribution in [0.1, 0.15) is 25.1 Å². The molecule has 0 radical (unpaired) electrons. The quantitative estimate of drug-likeness (QED) is 0.883. The molecule has 1 aliphatic carbocycles. The summed E-state index contributed by atoms with van der Waals surface area (Å²) in [5.41, 5.74) is 5.45. The molecule has 2 aromatic heterocycles. The molecule has 0 fully saturated rings. The van der Waals surface area contributed by atoms with Crippen molar-refractivity contribution in [1.82, 2.24) is 15.2 Å². The SMILES string of the molecule is Cc1cc(-c2cc(C3=CC(C)(C)C=C3)ccn2)[nH]n1. The lowest BCUT2D eigenvalue weighted by Gasteiger charge is -2.09. The van der Waals surface area contributed by atoms with E-state index in [1.54, 1.807) is 0 Å². The van der Waals surface area contributed by atoms with Gasteiger partial charge in [-0.3, -0.25) is 10.1 Å². The Morgan fingerprint density at radius 3 is 2.68 bits per heavy atom. The van der Waals surface area contributed by atoms with E-state index in [9.17, 15) is 0 Å². The summed E-state index contributed by atoms with van der Waals surface area (Å²) in [5.74, 6) is 0. The number of aryl methyl sites for hydroxylation is 1. The number of hydrogen-bond acceptors (Lipinski definition) is 2. The van der Waals surface area contributed by atoms with Gasteiger partial charge in [-0.25, -0.2) is 0 Å². The van der Waals surface area contributed by atoms with E-state index in [0.29, 0.717) is 0 Å². The highest BCUT2D eigenvalue weighted by atomic mass is 15.1. The molecular weight excluding hydrogens is 234 g/mol. The van der Waals surface area contributed by atoms with Crippen LogP contribution in [0.25, 0.3) is 17.0 Å². The van der Waals surface area contributed by atoms with Gasteiger partial charge in [-0.15, -0.1) is 0 Å². The van der Waals surface area contributed by atoms with Gasteiger partial charge in [0.2, 0.25) is 0 Å². The molecule has 0 aliphatic heterocycles. The molecule has 0 aromatic carbocycles. The third-order valence-electron chi connectivity index (χ3n) is 3.30. The number of nitrogens with zero attached hydrogens (tertiary/aromatic N) is 2. The molecule has 2 aromatic rings. The summed E-state index contributed by atoms with van der Waals surface area (Å²) >= 11 is 0. The fourth-order valence-electron chi connectivity index (χ4n) is 2.29. The van der Waals surface area contributed by atoms with Crippen LogP contribution in [0.2, 0.25) is 0 Å². The Morgan fingerprint density at radius 2 is 2.05 bits per heavy atom. The fraction of sp³-hybridized carbons (Fsp3) is 0.250. The lowest BCUT2D eigenvalue weighted by molar-refractivity contribution is 0.637. The van der Waals surface area contributed by atoms with E-state index in [1.165, 1.54) is 11.1 Å². The molecule has 3 nitrogen and oxygen atoms in total. The van der Waals surface area contributed by atoms with Crippen LogP contribution < -0.4 is 0 Å². The van der Waals surface area contributed by atoms with Gasteiger partial charge in [0.25, 0.3) is 0 Å². The lowest BCUT2D eigenvalue weighted by Crippen LogP contribution is -1.98. The van der Waals surface area contributed by atoms with E-state index in [-0.39, 0.29) is 5.41 Å². The number of H-pyrrole nitrogens is 1. The first-order chi connectivity index (χ1) is 9.03. The summed E-state index contributed by atoms with van der Waals surface area (Å²) in [5, 5.41) is 7.16. The summed E-state index contributed by atoms with van der Waals surface area (Å²) in [7, 11) is 0. The zero-order valence-electron chi connectivity index (χ0n) is 11.4. The molecule has 1 aliphatic rings.